The topological polar surface area (TPSA) is 51.7 Å². The second-order valence-electron chi connectivity index (χ2n) is 15.4. The zero-order valence-electron chi connectivity index (χ0n) is 29.2. The van der Waals surface area contributed by atoms with Gasteiger partial charge < -0.3 is 9.16 Å². The Hall–Kier alpha value is -3.81. The lowest BCUT2D eigenvalue weighted by molar-refractivity contribution is 0.0579. The van der Waals surface area contributed by atoms with Crippen LogP contribution in [0.2, 0.25) is 5.04 Å². The molecule has 7 heteroatoms. The molecule has 2 heterocycles. The van der Waals surface area contributed by atoms with Gasteiger partial charge in [-0.25, -0.2) is 9.18 Å². The molecule has 0 radical (unpaired) electrons. The van der Waals surface area contributed by atoms with Gasteiger partial charge in [0.1, 0.15) is 11.4 Å². The Morgan fingerprint density at radius 3 is 2.09 bits per heavy atom. The SMILES string of the molecule is CC(C)(C)OC(=O)N1CC(C)(C)c2ncc(Cc3ccc(F)cc3CCCO[Si](c3ccccc3)(c3ccccc3)C(C)(C)C)cc21. The Kier molecular flexibility index (Phi) is 9.81. The van der Waals surface area contributed by atoms with E-state index in [1.54, 1.807) is 11.0 Å². The van der Waals surface area contributed by atoms with Crippen LogP contribution in [0, 0.1) is 5.82 Å². The van der Waals surface area contributed by atoms with E-state index in [1.807, 2.05) is 51.2 Å². The van der Waals surface area contributed by atoms with E-state index in [0.29, 0.717) is 26.0 Å². The van der Waals surface area contributed by atoms with Gasteiger partial charge in [0.25, 0.3) is 8.32 Å². The average Bonchev–Trinajstić information content (AvgIpc) is 3.28. The van der Waals surface area contributed by atoms with Crippen molar-refractivity contribution in [3.63, 3.8) is 0 Å². The Morgan fingerprint density at radius 2 is 1.51 bits per heavy atom. The molecule has 0 bridgehead atoms. The minimum Gasteiger partial charge on any atom is -0.443 e. The van der Waals surface area contributed by atoms with E-state index in [9.17, 15) is 9.18 Å². The number of carbonyl (C=O) groups is 1. The van der Waals surface area contributed by atoms with E-state index in [2.05, 4.69) is 83.1 Å². The Balaban J connectivity index is 1.37. The summed E-state index contributed by atoms with van der Waals surface area (Å²) < 4.78 is 27.5. The van der Waals surface area contributed by atoms with Gasteiger partial charge in [0.15, 0.2) is 0 Å². The van der Waals surface area contributed by atoms with Gasteiger partial charge in [-0.1, -0.05) is 101 Å². The van der Waals surface area contributed by atoms with Crippen LogP contribution in [-0.4, -0.2) is 38.1 Å². The molecule has 0 spiro atoms. The molecule has 0 unspecified atom stereocenters. The summed E-state index contributed by atoms with van der Waals surface area (Å²) in [6.07, 6.45) is 3.53. The molecule has 1 aliphatic rings. The summed E-state index contributed by atoms with van der Waals surface area (Å²) in [5.74, 6) is -0.249. The fraction of sp³-hybridized carbons (Fsp3) is 0.400. The maximum atomic E-state index is 14.6. The van der Waals surface area contributed by atoms with E-state index in [4.69, 9.17) is 14.1 Å². The van der Waals surface area contributed by atoms with Crippen LogP contribution in [-0.2, 0) is 27.4 Å². The number of ether oxygens (including phenoxy) is 1. The van der Waals surface area contributed by atoms with E-state index >= 15 is 0 Å². The predicted molar refractivity (Wildman–Crippen MR) is 192 cm³/mol. The van der Waals surface area contributed by atoms with Crippen molar-refractivity contribution in [1.82, 2.24) is 4.98 Å². The normalized spacial score (nSPS) is 14.6. The molecule has 4 aromatic rings. The quantitative estimate of drug-likeness (QED) is 0.135. The number of rotatable bonds is 9. The molecule has 5 rings (SSSR count). The first-order chi connectivity index (χ1) is 22.1. The fourth-order valence-electron chi connectivity index (χ4n) is 6.82. The monoisotopic (exact) mass is 652 g/mol. The highest BCUT2D eigenvalue weighted by atomic mass is 28.4. The molecular weight excluding hydrogens is 604 g/mol. The van der Waals surface area contributed by atoms with Gasteiger partial charge in [-0.2, -0.15) is 0 Å². The van der Waals surface area contributed by atoms with Gasteiger partial charge in [0.2, 0.25) is 0 Å². The number of aromatic nitrogens is 1. The van der Waals surface area contributed by atoms with Crippen LogP contribution >= 0.6 is 0 Å². The van der Waals surface area contributed by atoms with Crippen LogP contribution < -0.4 is 15.3 Å². The molecule has 248 valence electrons. The zero-order chi connectivity index (χ0) is 34.0. The highest BCUT2D eigenvalue weighted by Crippen LogP contribution is 2.41. The number of aryl methyl sites for hydroxylation is 1. The number of hydrogen-bond donors (Lipinski definition) is 0. The summed E-state index contributed by atoms with van der Waals surface area (Å²) in [5.41, 5.74) is 3.73. The van der Waals surface area contributed by atoms with Crippen molar-refractivity contribution in [3.8, 4) is 0 Å². The predicted octanol–water partition coefficient (Wildman–Crippen LogP) is 8.35. The van der Waals surface area contributed by atoms with Gasteiger partial charge in [-0.05, 0) is 90.3 Å². The number of nitrogens with zero attached hydrogens (tertiary/aromatic N) is 2. The lowest BCUT2D eigenvalue weighted by Crippen LogP contribution is -2.66. The molecule has 0 aliphatic carbocycles. The van der Waals surface area contributed by atoms with Crippen LogP contribution in [0.1, 0.15) is 84.2 Å². The van der Waals surface area contributed by atoms with Crippen LogP contribution in [0.3, 0.4) is 0 Å². The van der Waals surface area contributed by atoms with E-state index < -0.39 is 13.9 Å². The number of amides is 1. The van der Waals surface area contributed by atoms with Crippen LogP contribution in [0.15, 0.2) is 91.1 Å². The Morgan fingerprint density at radius 1 is 0.894 bits per heavy atom. The van der Waals surface area contributed by atoms with Gasteiger partial charge in [0.05, 0.1) is 11.4 Å². The fourth-order valence-corrected chi connectivity index (χ4v) is 11.4. The molecule has 1 aromatic heterocycles. The van der Waals surface area contributed by atoms with Gasteiger partial charge >= 0.3 is 6.09 Å². The second kappa shape index (κ2) is 13.4. The number of benzene rings is 3. The summed E-state index contributed by atoms with van der Waals surface area (Å²) >= 11 is 0. The second-order valence-corrected chi connectivity index (χ2v) is 19.7. The highest BCUT2D eigenvalue weighted by molar-refractivity contribution is 6.99. The number of anilines is 1. The molecule has 0 N–H and O–H groups in total. The van der Waals surface area contributed by atoms with Crippen molar-refractivity contribution in [2.45, 2.75) is 90.7 Å². The third kappa shape index (κ3) is 7.52. The molecular formula is C40H49FN2O3Si. The zero-order valence-corrected chi connectivity index (χ0v) is 30.2. The molecule has 0 atom stereocenters. The summed E-state index contributed by atoms with van der Waals surface area (Å²) in [6.45, 7) is 17.7. The number of pyridine rings is 1. The van der Waals surface area contributed by atoms with Crippen LogP contribution in [0.4, 0.5) is 14.9 Å². The smallest absolute Gasteiger partial charge is 0.414 e. The Labute approximate surface area is 281 Å². The van der Waals surface area contributed by atoms with Crippen LogP contribution in [0.5, 0.6) is 0 Å². The lowest BCUT2D eigenvalue weighted by atomic mass is 9.90. The molecule has 5 nitrogen and oxygen atoms in total. The summed E-state index contributed by atoms with van der Waals surface area (Å²) in [6, 6.07) is 28.4. The van der Waals surface area contributed by atoms with E-state index in [1.165, 1.54) is 16.4 Å². The summed E-state index contributed by atoms with van der Waals surface area (Å²) in [5, 5.41) is 2.39. The van der Waals surface area contributed by atoms with Crippen molar-refractivity contribution in [2.75, 3.05) is 18.1 Å². The average molecular weight is 653 g/mol. The molecule has 47 heavy (non-hydrogen) atoms. The van der Waals surface area contributed by atoms with Crippen molar-refractivity contribution in [2.24, 2.45) is 0 Å². The third-order valence-corrected chi connectivity index (χ3v) is 14.0. The van der Waals surface area contributed by atoms with Crippen molar-refractivity contribution in [1.29, 1.82) is 0 Å². The van der Waals surface area contributed by atoms with Crippen LogP contribution in [0.25, 0.3) is 0 Å². The summed E-state index contributed by atoms with van der Waals surface area (Å²) in [4.78, 5) is 19.7. The number of halogens is 1. The van der Waals surface area contributed by atoms with Crippen molar-refractivity contribution in [3.05, 3.63) is 119 Å². The largest absolute Gasteiger partial charge is 0.443 e. The highest BCUT2D eigenvalue weighted by Gasteiger charge is 2.50. The van der Waals surface area contributed by atoms with E-state index in [0.717, 1.165) is 34.5 Å². The lowest BCUT2D eigenvalue weighted by Gasteiger charge is -2.43. The molecule has 3 aromatic carbocycles. The number of hydrogen-bond acceptors (Lipinski definition) is 4. The molecule has 0 saturated heterocycles. The first-order valence-electron chi connectivity index (χ1n) is 16.6. The molecule has 1 aliphatic heterocycles. The Bertz CT molecular complexity index is 1660. The minimum atomic E-state index is -2.65. The van der Waals surface area contributed by atoms with Gasteiger partial charge in [-0.3, -0.25) is 9.88 Å². The first-order valence-corrected chi connectivity index (χ1v) is 18.5. The van der Waals surface area contributed by atoms with E-state index in [-0.39, 0.29) is 22.4 Å². The third-order valence-electron chi connectivity index (χ3n) is 8.91. The molecule has 0 fully saturated rings. The number of carbonyl (C=O) groups excluding carboxylic acids is 1. The minimum absolute atomic E-state index is 0.109. The summed E-state index contributed by atoms with van der Waals surface area (Å²) in [7, 11) is -2.65. The van der Waals surface area contributed by atoms with Crippen molar-refractivity contribution >= 4 is 30.5 Å². The van der Waals surface area contributed by atoms with Gasteiger partial charge in [0, 0.05) is 24.8 Å². The molecule has 1 amide bonds. The van der Waals surface area contributed by atoms with Gasteiger partial charge in [-0.15, -0.1) is 0 Å². The standard InChI is InChI=1S/C40H49FN2O3Si/c1-38(2,3)46-37(44)43-28-40(7,8)36-35(43)25-29(27-42-36)24-31-21-22-32(41)26-30(31)16-15-23-45-47(39(4,5)6,33-17-11-9-12-18-33)34-19-13-10-14-20-34/h9-14,17-22,25-27H,15-16,23-24,28H2,1-8H3. The first kappa shape index (κ1) is 34.5. The number of fused-ring (bicyclic) bond motifs is 1. The maximum absolute atomic E-state index is 14.6. The maximum Gasteiger partial charge on any atom is 0.414 e. The van der Waals surface area contributed by atoms with Crippen molar-refractivity contribution < 1.29 is 18.3 Å². The molecule has 0 saturated carbocycles.